The summed E-state index contributed by atoms with van der Waals surface area (Å²) in [5.74, 6) is -1.41. The fourth-order valence-electron chi connectivity index (χ4n) is 3.41. The first-order valence-corrected chi connectivity index (χ1v) is 9.54. The SMILES string of the molecule is O=C(C[C@@H](C(=O)[O-])[NH+]1CCN(c2cccc(Cl)c2)CC1)c1ccc(Cl)cc1. The van der Waals surface area contributed by atoms with Crippen molar-refractivity contribution < 1.29 is 19.6 Å². The Morgan fingerprint density at radius 3 is 2.30 bits per heavy atom. The standard InChI is InChI=1S/C20H20Cl2N2O3/c21-15-6-4-14(5-7-15)19(25)13-18(20(26)27)24-10-8-23(9-11-24)17-3-1-2-16(22)12-17/h1-7,12,18H,8-11,13H2,(H,26,27)/t18-/m0/s1. The zero-order chi connectivity index (χ0) is 19.4. The van der Waals surface area contributed by atoms with E-state index < -0.39 is 12.0 Å². The molecule has 1 atom stereocenters. The molecule has 1 saturated heterocycles. The Balaban J connectivity index is 1.63. The summed E-state index contributed by atoms with van der Waals surface area (Å²) in [7, 11) is 0. The zero-order valence-corrected chi connectivity index (χ0v) is 16.2. The van der Waals surface area contributed by atoms with Crippen molar-refractivity contribution in [3.8, 4) is 0 Å². The molecular formula is C20H20Cl2N2O3. The normalized spacial score (nSPS) is 16.1. The highest BCUT2D eigenvalue weighted by atomic mass is 35.5. The second-order valence-corrected chi connectivity index (χ2v) is 7.50. The van der Waals surface area contributed by atoms with Crippen LogP contribution in [0.15, 0.2) is 48.5 Å². The van der Waals surface area contributed by atoms with Gasteiger partial charge in [-0.1, -0.05) is 29.3 Å². The maximum atomic E-state index is 12.5. The van der Waals surface area contributed by atoms with Gasteiger partial charge in [-0.05, 0) is 42.5 Å². The van der Waals surface area contributed by atoms with Crippen molar-refractivity contribution in [1.82, 2.24) is 0 Å². The maximum absolute atomic E-state index is 12.5. The van der Waals surface area contributed by atoms with Crippen LogP contribution in [0.25, 0.3) is 0 Å². The Morgan fingerprint density at radius 1 is 1.04 bits per heavy atom. The van der Waals surface area contributed by atoms with Gasteiger partial charge in [0.2, 0.25) is 0 Å². The average molecular weight is 407 g/mol. The molecule has 0 amide bonds. The van der Waals surface area contributed by atoms with Gasteiger partial charge < -0.3 is 19.7 Å². The first-order valence-electron chi connectivity index (χ1n) is 8.79. The summed E-state index contributed by atoms with van der Waals surface area (Å²) >= 11 is 11.9. The summed E-state index contributed by atoms with van der Waals surface area (Å²) in [6, 6.07) is 13.2. The van der Waals surface area contributed by atoms with Gasteiger partial charge in [-0.15, -0.1) is 0 Å². The second kappa shape index (κ2) is 8.74. The predicted molar refractivity (Wildman–Crippen MR) is 104 cm³/mol. The molecule has 0 radical (unpaired) electrons. The third-order valence-corrected chi connectivity index (χ3v) is 5.40. The highest BCUT2D eigenvalue weighted by Gasteiger charge is 2.30. The fourth-order valence-corrected chi connectivity index (χ4v) is 3.72. The molecule has 7 heteroatoms. The summed E-state index contributed by atoms with van der Waals surface area (Å²) in [5, 5.41) is 12.9. The Hall–Kier alpha value is -2.08. The number of hydrogen-bond acceptors (Lipinski definition) is 4. The van der Waals surface area contributed by atoms with Crippen molar-refractivity contribution in [1.29, 1.82) is 0 Å². The monoisotopic (exact) mass is 406 g/mol. The van der Waals surface area contributed by atoms with E-state index in [2.05, 4.69) is 4.90 Å². The number of nitrogens with one attached hydrogen (secondary N) is 1. The molecule has 1 aliphatic heterocycles. The van der Waals surface area contributed by atoms with Crippen molar-refractivity contribution in [2.45, 2.75) is 12.5 Å². The quantitative estimate of drug-likeness (QED) is 0.729. The Bertz CT molecular complexity index is 818. The van der Waals surface area contributed by atoms with Crippen molar-refractivity contribution in [2.75, 3.05) is 31.1 Å². The van der Waals surface area contributed by atoms with Gasteiger partial charge in [0.05, 0.1) is 38.6 Å². The lowest BCUT2D eigenvalue weighted by atomic mass is 10.0. The van der Waals surface area contributed by atoms with E-state index in [0.29, 0.717) is 41.8 Å². The summed E-state index contributed by atoms with van der Waals surface area (Å²) in [4.78, 5) is 27.2. The van der Waals surface area contributed by atoms with E-state index in [1.165, 1.54) is 0 Å². The van der Waals surface area contributed by atoms with Crippen molar-refractivity contribution in [3.05, 3.63) is 64.1 Å². The minimum absolute atomic E-state index is 0.0868. The summed E-state index contributed by atoms with van der Waals surface area (Å²) in [6.45, 7) is 2.60. The fraction of sp³-hybridized carbons (Fsp3) is 0.300. The van der Waals surface area contributed by atoms with Gasteiger partial charge in [-0.3, -0.25) is 4.79 Å². The second-order valence-electron chi connectivity index (χ2n) is 6.63. The number of anilines is 1. The summed E-state index contributed by atoms with van der Waals surface area (Å²) in [5.41, 5.74) is 1.48. The molecular weight excluding hydrogens is 387 g/mol. The van der Waals surface area contributed by atoms with Crippen LogP contribution in [0.3, 0.4) is 0 Å². The highest BCUT2D eigenvalue weighted by molar-refractivity contribution is 6.31. The largest absolute Gasteiger partial charge is 0.544 e. The average Bonchev–Trinajstić information content (AvgIpc) is 2.66. The van der Waals surface area contributed by atoms with E-state index in [4.69, 9.17) is 23.2 Å². The minimum Gasteiger partial charge on any atom is -0.544 e. The number of carbonyl (C=O) groups excluding carboxylic acids is 2. The van der Waals surface area contributed by atoms with E-state index in [1.807, 2.05) is 24.3 Å². The number of quaternary nitrogens is 1. The molecule has 1 aliphatic rings. The number of carboxylic acids is 1. The number of benzene rings is 2. The van der Waals surface area contributed by atoms with Gasteiger partial charge in [0.15, 0.2) is 5.78 Å². The lowest BCUT2D eigenvalue weighted by Gasteiger charge is -2.37. The third kappa shape index (κ3) is 5.01. The highest BCUT2D eigenvalue weighted by Crippen LogP contribution is 2.19. The number of rotatable bonds is 6. The number of aliphatic carboxylic acids is 1. The van der Waals surface area contributed by atoms with E-state index in [-0.39, 0.29) is 12.2 Å². The lowest BCUT2D eigenvalue weighted by molar-refractivity contribution is -0.918. The molecule has 27 heavy (non-hydrogen) atoms. The summed E-state index contributed by atoms with van der Waals surface area (Å²) in [6.07, 6.45) is -0.0868. The van der Waals surface area contributed by atoms with Crippen LogP contribution in [-0.2, 0) is 4.79 Å². The number of piperazine rings is 1. The topological polar surface area (TPSA) is 64.9 Å². The van der Waals surface area contributed by atoms with Crippen LogP contribution in [0, 0.1) is 0 Å². The van der Waals surface area contributed by atoms with Crippen LogP contribution in [0.1, 0.15) is 16.8 Å². The number of nitrogens with zero attached hydrogens (tertiary/aromatic N) is 1. The Labute approximate surface area is 168 Å². The number of Topliss-reactive ketones (excluding diaryl/α,β-unsaturated/α-hetero) is 1. The number of ketones is 1. The molecule has 0 unspecified atom stereocenters. The van der Waals surface area contributed by atoms with Crippen molar-refractivity contribution in [3.63, 3.8) is 0 Å². The Kier molecular flexibility index (Phi) is 6.37. The van der Waals surface area contributed by atoms with Gasteiger partial charge in [0, 0.05) is 21.3 Å². The lowest BCUT2D eigenvalue weighted by Crippen LogP contribution is -3.19. The molecule has 0 aromatic heterocycles. The molecule has 2 aromatic carbocycles. The molecule has 0 bridgehead atoms. The van der Waals surface area contributed by atoms with E-state index in [9.17, 15) is 14.7 Å². The van der Waals surface area contributed by atoms with Crippen LogP contribution in [0.4, 0.5) is 5.69 Å². The van der Waals surface area contributed by atoms with Gasteiger partial charge in [0.25, 0.3) is 0 Å². The molecule has 1 N–H and O–H groups in total. The number of carboxylic acid groups (broad SMARTS) is 1. The molecule has 1 fully saturated rings. The van der Waals surface area contributed by atoms with Gasteiger partial charge in [-0.25, -0.2) is 0 Å². The number of halogens is 2. The summed E-state index contributed by atoms with van der Waals surface area (Å²) < 4.78 is 0. The molecule has 5 nitrogen and oxygen atoms in total. The van der Waals surface area contributed by atoms with Crippen molar-refractivity contribution >= 4 is 40.6 Å². The van der Waals surface area contributed by atoms with E-state index in [0.717, 1.165) is 10.6 Å². The van der Waals surface area contributed by atoms with Crippen LogP contribution >= 0.6 is 23.2 Å². The minimum atomic E-state index is -1.19. The molecule has 1 heterocycles. The first-order chi connectivity index (χ1) is 12.9. The predicted octanol–water partition coefficient (Wildman–Crippen LogP) is 1.09. The Morgan fingerprint density at radius 2 is 1.70 bits per heavy atom. The van der Waals surface area contributed by atoms with E-state index in [1.54, 1.807) is 24.3 Å². The maximum Gasteiger partial charge on any atom is 0.169 e. The smallest absolute Gasteiger partial charge is 0.169 e. The van der Waals surface area contributed by atoms with Crippen LogP contribution in [0.2, 0.25) is 10.0 Å². The number of hydrogen-bond donors (Lipinski definition) is 1. The molecule has 2 aromatic rings. The zero-order valence-electron chi connectivity index (χ0n) is 14.7. The van der Waals surface area contributed by atoms with Gasteiger partial charge in [-0.2, -0.15) is 0 Å². The molecule has 0 spiro atoms. The van der Waals surface area contributed by atoms with E-state index >= 15 is 0 Å². The molecule has 3 rings (SSSR count). The van der Waals surface area contributed by atoms with Crippen LogP contribution < -0.4 is 14.9 Å². The first kappa shape index (κ1) is 19.7. The molecule has 142 valence electrons. The van der Waals surface area contributed by atoms with Crippen LogP contribution in [-0.4, -0.2) is 44.0 Å². The van der Waals surface area contributed by atoms with Gasteiger partial charge >= 0.3 is 0 Å². The molecule has 0 aliphatic carbocycles. The molecule has 0 saturated carbocycles. The number of carbonyl (C=O) groups is 2. The van der Waals surface area contributed by atoms with Crippen LogP contribution in [0.5, 0.6) is 0 Å². The third-order valence-electron chi connectivity index (χ3n) is 4.91. The van der Waals surface area contributed by atoms with Crippen molar-refractivity contribution in [2.24, 2.45) is 0 Å². The van der Waals surface area contributed by atoms with Gasteiger partial charge in [0.1, 0.15) is 6.04 Å².